The molecule has 7 heteroatoms. The molecule has 1 heterocycles. The number of likely N-dealkylation sites (tertiary alicyclic amines) is 1. The van der Waals surface area contributed by atoms with Crippen molar-refractivity contribution in [1.82, 2.24) is 4.90 Å². The summed E-state index contributed by atoms with van der Waals surface area (Å²) in [6, 6.07) is 3.66. The standard InChI is InChI=1S/C17H27N3O3.HI/c1-21-13-10-15(22-2)14(16(11-13)23-3)12-19-17(18)20-8-6-4-5-7-9-20;/h10-11H,4-9,12H2,1-3H3,(H2,18,19);1H. The van der Waals surface area contributed by atoms with E-state index in [2.05, 4.69) is 9.89 Å². The number of halogens is 1. The van der Waals surface area contributed by atoms with Crippen LogP contribution in [-0.4, -0.2) is 45.3 Å². The van der Waals surface area contributed by atoms with E-state index in [9.17, 15) is 0 Å². The van der Waals surface area contributed by atoms with Crippen molar-refractivity contribution in [2.75, 3.05) is 34.4 Å². The number of hydrogen-bond donors (Lipinski definition) is 1. The van der Waals surface area contributed by atoms with Crippen LogP contribution in [0.25, 0.3) is 0 Å². The summed E-state index contributed by atoms with van der Waals surface area (Å²) in [4.78, 5) is 6.71. The van der Waals surface area contributed by atoms with E-state index >= 15 is 0 Å². The van der Waals surface area contributed by atoms with Gasteiger partial charge in [-0.1, -0.05) is 12.8 Å². The van der Waals surface area contributed by atoms with Crippen LogP contribution in [0, 0.1) is 0 Å². The summed E-state index contributed by atoms with van der Waals surface area (Å²) < 4.78 is 16.1. The summed E-state index contributed by atoms with van der Waals surface area (Å²) >= 11 is 0. The molecule has 1 aliphatic heterocycles. The highest BCUT2D eigenvalue weighted by atomic mass is 127. The van der Waals surface area contributed by atoms with Gasteiger partial charge in [0.25, 0.3) is 0 Å². The molecule has 1 saturated heterocycles. The van der Waals surface area contributed by atoms with Gasteiger partial charge in [0.1, 0.15) is 17.2 Å². The van der Waals surface area contributed by atoms with Gasteiger partial charge >= 0.3 is 0 Å². The third-order valence-corrected chi connectivity index (χ3v) is 4.15. The van der Waals surface area contributed by atoms with Gasteiger partial charge in [0.15, 0.2) is 5.96 Å². The van der Waals surface area contributed by atoms with Crippen LogP contribution in [0.2, 0.25) is 0 Å². The third-order valence-electron chi connectivity index (χ3n) is 4.15. The fourth-order valence-corrected chi connectivity index (χ4v) is 2.79. The van der Waals surface area contributed by atoms with Crippen LogP contribution >= 0.6 is 24.0 Å². The molecule has 2 rings (SSSR count). The van der Waals surface area contributed by atoms with E-state index in [1.165, 1.54) is 25.7 Å². The lowest BCUT2D eigenvalue weighted by Crippen LogP contribution is -2.38. The summed E-state index contributed by atoms with van der Waals surface area (Å²) in [5, 5.41) is 0. The van der Waals surface area contributed by atoms with Crippen molar-refractivity contribution in [2.24, 2.45) is 10.7 Å². The summed E-state index contributed by atoms with van der Waals surface area (Å²) in [5.41, 5.74) is 7.04. The molecule has 6 nitrogen and oxygen atoms in total. The number of benzene rings is 1. The van der Waals surface area contributed by atoms with Crippen molar-refractivity contribution >= 4 is 29.9 Å². The number of methoxy groups -OCH3 is 3. The Labute approximate surface area is 161 Å². The Hall–Kier alpha value is -1.38. The first-order valence-corrected chi connectivity index (χ1v) is 8.03. The zero-order valence-corrected chi connectivity index (χ0v) is 17.0. The van der Waals surface area contributed by atoms with Crippen LogP contribution in [0.3, 0.4) is 0 Å². The fourth-order valence-electron chi connectivity index (χ4n) is 2.79. The summed E-state index contributed by atoms with van der Waals surface area (Å²) in [7, 11) is 4.86. The highest BCUT2D eigenvalue weighted by Crippen LogP contribution is 2.34. The van der Waals surface area contributed by atoms with Gasteiger partial charge in [-0.15, -0.1) is 24.0 Å². The van der Waals surface area contributed by atoms with Gasteiger partial charge < -0.3 is 24.8 Å². The SMILES string of the molecule is COc1cc(OC)c(CN=C(N)N2CCCCCC2)c(OC)c1.I. The largest absolute Gasteiger partial charge is 0.496 e. The van der Waals surface area contributed by atoms with Gasteiger partial charge in [-0.25, -0.2) is 4.99 Å². The lowest BCUT2D eigenvalue weighted by molar-refractivity contribution is 0.368. The van der Waals surface area contributed by atoms with E-state index in [4.69, 9.17) is 19.9 Å². The molecule has 24 heavy (non-hydrogen) atoms. The van der Waals surface area contributed by atoms with Crippen LogP contribution < -0.4 is 19.9 Å². The minimum Gasteiger partial charge on any atom is -0.496 e. The molecule has 0 spiro atoms. The maximum atomic E-state index is 6.17. The smallest absolute Gasteiger partial charge is 0.191 e. The molecule has 0 atom stereocenters. The van der Waals surface area contributed by atoms with Crippen LogP contribution in [0.4, 0.5) is 0 Å². The van der Waals surface area contributed by atoms with Crippen LogP contribution in [0.1, 0.15) is 31.2 Å². The molecule has 2 N–H and O–H groups in total. The fraction of sp³-hybridized carbons (Fsp3) is 0.588. The number of hydrogen-bond acceptors (Lipinski definition) is 4. The van der Waals surface area contributed by atoms with Crippen LogP contribution in [0.5, 0.6) is 17.2 Å². The van der Waals surface area contributed by atoms with Gasteiger partial charge in [-0.05, 0) is 12.8 Å². The van der Waals surface area contributed by atoms with Crippen molar-refractivity contribution in [3.05, 3.63) is 17.7 Å². The quantitative estimate of drug-likeness (QED) is 0.425. The number of ether oxygens (including phenoxy) is 3. The third kappa shape index (κ3) is 5.32. The Morgan fingerprint density at radius 3 is 2.00 bits per heavy atom. The van der Waals surface area contributed by atoms with Gasteiger partial charge in [-0.2, -0.15) is 0 Å². The van der Waals surface area contributed by atoms with E-state index in [1.54, 1.807) is 21.3 Å². The number of nitrogens with two attached hydrogens (primary N) is 1. The van der Waals surface area contributed by atoms with Crippen molar-refractivity contribution in [2.45, 2.75) is 32.2 Å². The monoisotopic (exact) mass is 449 g/mol. The Morgan fingerprint density at radius 1 is 1.00 bits per heavy atom. The topological polar surface area (TPSA) is 69.3 Å². The van der Waals surface area contributed by atoms with Gasteiger partial charge in [-0.3, -0.25) is 0 Å². The van der Waals surface area contributed by atoms with Crippen molar-refractivity contribution < 1.29 is 14.2 Å². The lowest BCUT2D eigenvalue weighted by atomic mass is 10.1. The number of aliphatic imine (C=N–C) groups is 1. The van der Waals surface area contributed by atoms with Crippen molar-refractivity contribution in [3.63, 3.8) is 0 Å². The molecular weight excluding hydrogens is 421 g/mol. The average molecular weight is 449 g/mol. The molecule has 1 aromatic carbocycles. The van der Waals surface area contributed by atoms with Gasteiger partial charge in [0.2, 0.25) is 0 Å². The second-order valence-corrected chi connectivity index (χ2v) is 5.59. The molecule has 0 amide bonds. The predicted molar refractivity (Wildman–Crippen MR) is 107 cm³/mol. The zero-order valence-electron chi connectivity index (χ0n) is 14.7. The van der Waals surface area contributed by atoms with Crippen molar-refractivity contribution in [1.29, 1.82) is 0 Å². The minimum atomic E-state index is 0. The van der Waals surface area contributed by atoms with Gasteiger partial charge in [0.05, 0.1) is 33.4 Å². The Morgan fingerprint density at radius 2 is 1.54 bits per heavy atom. The summed E-state index contributed by atoms with van der Waals surface area (Å²) in [6.07, 6.45) is 4.88. The Balaban J connectivity index is 0.00000288. The Bertz CT molecular complexity index is 519. The highest BCUT2D eigenvalue weighted by molar-refractivity contribution is 14.0. The van der Waals surface area contributed by atoms with E-state index in [1.807, 2.05) is 12.1 Å². The molecule has 0 aromatic heterocycles. The molecular formula is C17H28IN3O3. The molecule has 0 saturated carbocycles. The first-order valence-electron chi connectivity index (χ1n) is 8.03. The first-order chi connectivity index (χ1) is 11.2. The van der Waals surface area contributed by atoms with Gasteiger partial charge in [0, 0.05) is 25.2 Å². The van der Waals surface area contributed by atoms with E-state index < -0.39 is 0 Å². The molecule has 0 unspecified atom stereocenters. The van der Waals surface area contributed by atoms with Crippen LogP contribution in [0.15, 0.2) is 17.1 Å². The minimum absolute atomic E-state index is 0. The zero-order chi connectivity index (χ0) is 16.7. The lowest BCUT2D eigenvalue weighted by Gasteiger charge is -2.21. The molecule has 0 aliphatic carbocycles. The maximum Gasteiger partial charge on any atom is 0.191 e. The first kappa shape index (κ1) is 20.7. The average Bonchev–Trinajstić information content (AvgIpc) is 2.88. The van der Waals surface area contributed by atoms with E-state index in [0.717, 1.165) is 18.7 Å². The normalized spacial score (nSPS) is 15.3. The van der Waals surface area contributed by atoms with Crippen molar-refractivity contribution in [3.8, 4) is 17.2 Å². The molecule has 0 radical (unpaired) electrons. The number of nitrogens with zero attached hydrogens (tertiary/aromatic N) is 2. The van der Waals surface area contributed by atoms with E-state index in [-0.39, 0.29) is 24.0 Å². The molecule has 0 bridgehead atoms. The molecule has 1 aromatic rings. The molecule has 1 aliphatic rings. The van der Waals surface area contributed by atoms with Crippen LogP contribution in [-0.2, 0) is 6.54 Å². The molecule has 136 valence electrons. The maximum absolute atomic E-state index is 6.17. The number of rotatable bonds is 5. The predicted octanol–water partition coefficient (Wildman–Crippen LogP) is 3.02. The molecule has 1 fully saturated rings. The van der Waals surface area contributed by atoms with E-state index in [0.29, 0.717) is 29.8 Å². The second-order valence-electron chi connectivity index (χ2n) is 5.59. The number of guanidine groups is 1. The summed E-state index contributed by atoms with van der Waals surface area (Å²) in [5.74, 6) is 2.65. The Kier molecular flexibility index (Phi) is 9.02. The second kappa shape index (κ2) is 10.5. The highest BCUT2D eigenvalue weighted by Gasteiger charge is 2.15. The summed E-state index contributed by atoms with van der Waals surface area (Å²) in [6.45, 7) is 2.37.